The fourth-order valence-corrected chi connectivity index (χ4v) is 3.45. The van der Waals surface area contributed by atoms with E-state index in [4.69, 9.17) is 23.2 Å². The Hall–Kier alpha value is -2.63. The molecule has 27 heavy (non-hydrogen) atoms. The Bertz CT molecular complexity index is 1010. The molecule has 136 valence electrons. The molecule has 0 atom stereocenters. The zero-order valence-corrected chi connectivity index (χ0v) is 15.8. The van der Waals surface area contributed by atoms with Gasteiger partial charge in [0.05, 0.1) is 10.7 Å². The van der Waals surface area contributed by atoms with Crippen LogP contribution in [-0.2, 0) is 13.0 Å². The van der Waals surface area contributed by atoms with Crippen LogP contribution in [0.25, 0.3) is 0 Å². The summed E-state index contributed by atoms with van der Waals surface area (Å²) in [7, 11) is 0. The van der Waals surface area contributed by atoms with Crippen molar-refractivity contribution >= 4 is 40.6 Å². The number of fused-ring (bicyclic) bond motifs is 1. The Morgan fingerprint density at radius 1 is 1.04 bits per heavy atom. The van der Waals surface area contributed by atoms with E-state index in [1.54, 1.807) is 24.3 Å². The summed E-state index contributed by atoms with van der Waals surface area (Å²) in [5, 5.41) is 3.65. The number of hydrogen-bond donors (Lipinski definition) is 1. The first-order chi connectivity index (χ1) is 13.1. The van der Waals surface area contributed by atoms with Gasteiger partial charge in [0, 0.05) is 24.2 Å². The Labute approximate surface area is 167 Å². The van der Waals surface area contributed by atoms with Crippen molar-refractivity contribution in [1.82, 2.24) is 9.97 Å². The number of aromatic nitrogens is 2. The van der Waals surface area contributed by atoms with E-state index in [9.17, 15) is 4.79 Å². The minimum Gasteiger partial charge on any atom is -0.352 e. The zero-order chi connectivity index (χ0) is 18.8. The first kappa shape index (κ1) is 17.8. The van der Waals surface area contributed by atoms with E-state index in [-0.39, 0.29) is 11.6 Å². The molecular weight excluding hydrogens is 383 g/mol. The van der Waals surface area contributed by atoms with E-state index in [1.807, 2.05) is 6.07 Å². The van der Waals surface area contributed by atoms with Gasteiger partial charge in [0.1, 0.15) is 17.8 Å². The first-order valence-electron chi connectivity index (χ1n) is 8.50. The average molecular weight is 399 g/mol. The lowest BCUT2D eigenvalue weighted by Crippen LogP contribution is -2.31. The van der Waals surface area contributed by atoms with Gasteiger partial charge in [0.2, 0.25) is 0 Å². The molecule has 0 unspecified atom stereocenters. The molecule has 2 aromatic carbocycles. The summed E-state index contributed by atoms with van der Waals surface area (Å²) in [5.74, 6) is 0.363. The van der Waals surface area contributed by atoms with Gasteiger partial charge in [-0.15, -0.1) is 0 Å². The molecule has 0 aliphatic carbocycles. The third-order valence-corrected chi connectivity index (χ3v) is 5.08. The molecule has 1 aromatic heterocycles. The number of amides is 1. The van der Waals surface area contributed by atoms with Crippen LogP contribution in [0.1, 0.15) is 21.6 Å². The highest BCUT2D eigenvalue weighted by Gasteiger charge is 2.19. The summed E-state index contributed by atoms with van der Waals surface area (Å²) in [4.78, 5) is 23.2. The third kappa shape index (κ3) is 3.89. The summed E-state index contributed by atoms with van der Waals surface area (Å²) < 4.78 is 0. The summed E-state index contributed by atoms with van der Waals surface area (Å²) in [6, 6.07) is 15.0. The van der Waals surface area contributed by atoms with Crippen LogP contribution in [0.4, 0.5) is 11.5 Å². The molecule has 0 fully saturated rings. The lowest BCUT2D eigenvalue weighted by molar-refractivity contribution is 0.102. The lowest BCUT2D eigenvalue weighted by atomic mass is 10.00. The predicted molar refractivity (Wildman–Crippen MR) is 108 cm³/mol. The summed E-state index contributed by atoms with van der Waals surface area (Å²) in [5.41, 5.74) is 3.35. The topological polar surface area (TPSA) is 58.1 Å². The van der Waals surface area contributed by atoms with E-state index in [1.165, 1.54) is 17.5 Å². The fraction of sp³-hybridized carbons (Fsp3) is 0.150. The Morgan fingerprint density at radius 3 is 2.70 bits per heavy atom. The van der Waals surface area contributed by atoms with E-state index in [0.717, 1.165) is 25.3 Å². The van der Waals surface area contributed by atoms with Gasteiger partial charge in [-0.05, 0) is 35.7 Å². The van der Waals surface area contributed by atoms with Gasteiger partial charge in [-0.2, -0.15) is 0 Å². The summed E-state index contributed by atoms with van der Waals surface area (Å²) >= 11 is 12.1. The van der Waals surface area contributed by atoms with Gasteiger partial charge in [-0.3, -0.25) is 4.79 Å². The highest BCUT2D eigenvalue weighted by molar-refractivity contribution is 6.35. The van der Waals surface area contributed by atoms with Crippen molar-refractivity contribution in [1.29, 1.82) is 0 Å². The molecule has 4 rings (SSSR count). The Kier molecular flexibility index (Phi) is 4.97. The van der Waals surface area contributed by atoms with Gasteiger partial charge in [-0.1, -0.05) is 47.5 Å². The molecule has 0 saturated heterocycles. The Morgan fingerprint density at radius 2 is 1.85 bits per heavy atom. The molecule has 1 aliphatic heterocycles. The van der Waals surface area contributed by atoms with Crippen molar-refractivity contribution in [3.8, 4) is 0 Å². The maximum atomic E-state index is 12.6. The average Bonchev–Trinajstić information content (AvgIpc) is 2.70. The summed E-state index contributed by atoms with van der Waals surface area (Å²) in [6.07, 6.45) is 2.35. The zero-order valence-electron chi connectivity index (χ0n) is 14.3. The minimum absolute atomic E-state index is 0.273. The number of carbonyl (C=O) groups is 1. The molecule has 0 spiro atoms. The van der Waals surface area contributed by atoms with Crippen LogP contribution >= 0.6 is 23.2 Å². The highest BCUT2D eigenvalue weighted by Crippen LogP contribution is 2.26. The van der Waals surface area contributed by atoms with Gasteiger partial charge in [0.25, 0.3) is 5.91 Å². The maximum absolute atomic E-state index is 12.6. The summed E-state index contributed by atoms with van der Waals surface area (Å²) in [6.45, 7) is 1.60. The largest absolute Gasteiger partial charge is 0.352 e. The van der Waals surface area contributed by atoms with Gasteiger partial charge in [-0.25, -0.2) is 9.97 Å². The number of carbonyl (C=O) groups excluding carboxylic acids is 1. The molecule has 1 N–H and O–H groups in total. The number of nitrogens with one attached hydrogen (secondary N) is 1. The Balaban J connectivity index is 1.54. The standard InChI is InChI=1S/C20H16Cl2N4O/c21-15-5-6-16(22)17(9-15)25-20(27)18-10-19(24-12-23-18)26-8-7-13-3-1-2-4-14(13)11-26/h1-6,9-10,12H,7-8,11H2,(H,25,27). The van der Waals surface area contributed by atoms with Crippen molar-refractivity contribution in [2.75, 3.05) is 16.8 Å². The number of halogens is 2. The monoisotopic (exact) mass is 398 g/mol. The predicted octanol–water partition coefficient (Wildman–Crippen LogP) is 4.60. The van der Waals surface area contributed by atoms with Crippen LogP contribution in [-0.4, -0.2) is 22.4 Å². The molecule has 7 heteroatoms. The van der Waals surface area contributed by atoms with Crippen molar-refractivity contribution in [2.24, 2.45) is 0 Å². The number of anilines is 2. The molecule has 1 aliphatic rings. The second kappa shape index (κ2) is 7.55. The van der Waals surface area contributed by atoms with Crippen LogP contribution in [0.5, 0.6) is 0 Å². The van der Waals surface area contributed by atoms with Crippen molar-refractivity contribution in [3.05, 3.63) is 81.7 Å². The molecule has 0 bridgehead atoms. The maximum Gasteiger partial charge on any atom is 0.274 e. The fourth-order valence-electron chi connectivity index (χ4n) is 3.12. The van der Waals surface area contributed by atoms with E-state index in [2.05, 4.69) is 38.4 Å². The van der Waals surface area contributed by atoms with Gasteiger partial charge < -0.3 is 10.2 Å². The SMILES string of the molecule is O=C(Nc1cc(Cl)ccc1Cl)c1cc(N2CCc3ccccc3C2)ncn1. The number of nitrogens with zero attached hydrogens (tertiary/aromatic N) is 3. The van der Waals surface area contributed by atoms with Crippen molar-refractivity contribution < 1.29 is 4.79 Å². The smallest absolute Gasteiger partial charge is 0.274 e. The molecule has 3 aromatic rings. The molecule has 0 radical (unpaired) electrons. The molecule has 0 saturated carbocycles. The molecular formula is C20H16Cl2N4O. The second-order valence-corrected chi connectivity index (χ2v) is 7.12. The van der Waals surface area contributed by atoms with Gasteiger partial charge in [0.15, 0.2) is 0 Å². The third-order valence-electron chi connectivity index (χ3n) is 4.52. The normalized spacial score (nSPS) is 13.2. The molecule has 2 heterocycles. The first-order valence-corrected chi connectivity index (χ1v) is 9.26. The molecule has 1 amide bonds. The molecule has 5 nitrogen and oxygen atoms in total. The number of hydrogen-bond acceptors (Lipinski definition) is 4. The van der Waals surface area contributed by atoms with Crippen LogP contribution in [0.15, 0.2) is 54.9 Å². The van der Waals surface area contributed by atoms with Crippen molar-refractivity contribution in [2.45, 2.75) is 13.0 Å². The van der Waals surface area contributed by atoms with E-state index >= 15 is 0 Å². The highest BCUT2D eigenvalue weighted by atomic mass is 35.5. The van der Waals surface area contributed by atoms with Crippen LogP contribution in [0.3, 0.4) is 0 Å². The second-order valence-electron chi connectivity index (χ2n) is 6.28. The quantitative estimate of drug-likeness (QED) is 0.700. The number of benzene rings is 2. The van der Waals surface area contributed by atoms with Crippen LogP contribution in [0.2, 0.25) is 10.0 Å². The number of rotatable bonds is 3. The van der Waals surface area contributed by atoms with Crippen LogP contribution < -0.4 is 10.2 Å². The van der Waals surface area contributed by atoms with E-state index in [0.29, 0.717) is 15.7 Å². The van der Waals surface area contributed by atoms with Crippen molar-refractivity contribution in [3.63, 3.8) is 0 Å². The van der Waals surface area contributed by atoms with Gasteiger partial charge >= 0.3 is 0 Å². The van der Waals surface area contributed by atoms with Crippen LogP contribution in [0, 0.1) is 0 Å². The minimum atomic E-state index is -0.361. The lowest BCUT2D eigenvalue weighted by Gasteiger charge is -2.29. The van der Waals surface area contributed by atoms with E-state index < -0.39 is 0 Å².